The van der Waals surface area contributed by atoms with E-state index in [2.05, 4.69) is 4.90 Å². The Morgan fingerprint density at radius 3 is 2.39 bits per heavy atom. The molecule has 198 valence electrons. The maximum atomic E-state index is 12.9. The molecule has 0 aliphatic carbocycles. The van der Waals surface area contributed by atoms with Crippen LogP contribution in [0.2, 0.25) is 0 Å². The Morgan fingerprint density at radius 1 is 1.11 bits per heavy atom. The summed E-state index contributed by atoms with van der Waals surface area (Å²) in [5.41, 5.74) is 0.439. The molecular weight excluding hydrogens is 456 g/mol. The Labute approximate surface area is 215 Å². The first-order chi connectivity index (χ1) is 17.2. The van der Waals surface area contributed by atoms with Gasteiger partial charge in [0.2, 0.25) is 5.91 Å². The molecule has 3 aliphatic rings. The smallest absolute Gasteiger partial charge is 0.309 e. The summed E-state index contributed by atoms with van der Waals surface area (Å²) in [6, 6.07) is 3.33. The number of fused-ring (bicyclic) bond motifs is 1. The van der Waals surface area contributed by atoms with Crippen molar-refractivity contribution in [2.75, 3.05) is 26.2 Å². The normalized spacial score (nSPS) is 25.2. The van der Waals surface area contributed by atoms with Gasteiger partial charge in [0.15, 0.2) is 6.10 Å². The van der Waals surface area contributed by atoms with Crippen molar-refractivity contribution in [2.45, 2.75) is 90.4 Å². The minimum absolute atomic E-state index is 0.0304. The fraction of sp³-hybridized carbons (Fsp3) is 0.655. The third kappa shape index (κ3) is 5.56. The highest BCUT2D eigenvalue weighted by atomic mass is 16.6. The van der Waals surface area contributed by atoms with Crippen LogP contribution >= 0.6 is 0 Å². The highest BCUT2D eigenvalue weighted by molar-refractivity contribution is 5.92. The van der Waals surface area contributed by atoms with Gasteiger partial charge in [0.05, 0.1) is 17.5 Å². The summed E-state index contributed by atoms with van der Waals surface area (Å²) in [6.45, 7) is 11.0. The molecule has 4 rings (SSSR count). The molecule has 3 atom stereocenters. The van der Waals surface area contributed by atoms with Crippen LogP contribution in [0.4, 0.5) is 0 Å². The quantitative estimate of drug-likeness (QED) is 0.436. The molecule has 0 saturated carbocycles. The molecule has 3 heterocycles. The lowest BCUT2D eigenvalue weighted by molar-refractivity contribution is -0.176. The number of esters is 1. The number of nitrogens with zero attached hydrogens (tertiary/aromatic N) is 2. The van der Waals surface area contributed by atoms with E-state index in [4.69, 9.17) is 9.47 Å². The SMILES string of the molecule is CC[C@H](C)C(=O)O[C@@H]1[C@H](N2CCCCC2)c2c(ccc(/C=C\C(=O)N3CCCCC3)c2O)OC1(C)C. The highest BCUT2D eigenvalue weighted by Gasteiger charge is 2.50. The van der Waals surface area contributed by atoms with Crippen LogP contribution in [0.3, 0.4) is 0 Å². The van der Waals surface area contributed by atoms with Gasteiger partial charge in [-0.05, 0) is 83.7 Å². The Morgan fingerprint density at radius 2 is 1.75 bits per heavy atom. The molecule has 0 aromatic heterocycles. The molecule has 0 bridgehead atoms. The lowest BCUT2D eigenvalue weighted by Gasteiger charge is -2.49. The molecule has 1 aromatic rings. The van der Waals surface area contributed by atoms with Gasteiger partial charge in [-0.15, -0.1) is 0 Å². The Hall–Kier alpha value is -2.54. The van der Waals surface area contributed by atoms with Gasteiger partial charge < -0.3 is 19.5 Å². The first-order valence-corrected chi connectivity index (χ1v) is 13.7. The number of carbonyl (C=O) groups is 2. The van der Waals surface area contributed by atoms with E-state index in [9.17, 15) is 14.7 Å². The van der Waals surface area contributed by atoms with Crippen LogP contribution in [0.5, 0.6) is 11.5 Å². The third-order valence-electron chi connectivity index (χ3n) is 7.96. The van der Waals surface area contributed by atoms with E-state index in [0.717, 1.165) is 58.3 Å². The third-order valence-corrected chi connectivity index (χ3v) is 7.96. The maximum Gasteiger partial charge on any atom is 0.309 e. The summed E-state index contributed by atoms with van der Waals surface area (Å²) < 4.78 is 12.5. The van der Waals surface area contributed by atoms with Gasteiger partial charge in [-0.25, -0.2) is 0 Å². The molecule has 1 amide bonds. The summed E-state index contributed by atoms with van der Waals surface area (Å²) in [4.78, 5) is 29.8. The zero-order chi connectivity index (χ0) is 25.9. The number of hydrogen-bond acceptors (Lipinski definition) is 6. The fourth-order valence-corrected chi connectivity index (χ4v) is 5.55. The van der Waals surface area contributed by atoms with Crippen molar-refractivity contribution in [1.29, 1.82) is 0 Å². The molecule has 1 aromatic carbocycles. The second kappa shape index (κ2) is 11.2. The van der Waals surface area contributed by atoms with E-state index in [1.54, 1.807) is 18.2 Å². The topological polar surface area (TPSA) is 79.3 Å². The first-order valence-electron chi connectivity index (χ1n) is 13.7. The van der Waals surface area contributed by atoms with Crippen LogP contribution in [-0.4, -0.2) is 64.7 Å². The Balaban J connectivity index is 1.70. The molecular formula is C29H42N2O5. The number of phenolic OH excluding ortho intramolecular Hbond substituents is 1. The maximum absolute atomic E-state index is 12.9. The molecule has 0 unspecified atom stereocenters. The van der Waals surface area contributed by atoms with Crippen molar-refractivity contribution in [2.24, 2.45) is 5.92 Å². The van der Waals surface area contributed by atoms with E-state index in [1.807, 2.05) is 38.7 Å². The zero-order valence-corrected chi connectivity index (χ0v) is 22.3. The lowest BCUT2D eigenvalue weighted by Crippen LogP contribution is -2.56. The second-order valence-corrected chi connectivity index (χ2v) is 11.0. The number of ether oxygens (including phenoxy) is 2. The van der Waals surface area contributed by atoms with Gasteiger partial charge >= 0.3 is 5.97 Å². The average Bonchev–Trinajstić information content (AvgIpc) is 2.89. The number of rotatable bonds is 6. The summed E-state index contributed by atoms with van der Waals surface area (Å²) in [5, 5.41) is 11.5. The predicted octanol–water partition coefficient (Wildman–Crippen LogP) is 5.07. The van der Waals surface area contributed by atoms with Crippen LogP contribution in [0, 0.1) is 5.92 Å². The molecule has 2 saturated heterocycles. The molecule has 36 heavy (non-hydrogen) atoms. The van der Waals surface area contributed by atoms with Crippen LogP contribution in [0.1, 0.15) is 89.8 Å². The number of piperidine rings is 2. The van der Waals surface area contributed by atoms with E-state index in [0.29, 0.717) is 23.3 Å². The Bertz CT molecular complexity index is 976. The highest BCUT2D eigenvalue weighted by Crippen LogP contribution is 2.50. The molecule has 2 fully saturated rings. The number of aromatic hydroxyl groups is 1. The number of benzene rings is 1. The standard InChI is InChI=1S/C29H42N2O5/c1-5-20(2)28(34)35-27-25(31-18-10-7-11-19-31)24-22(36-29(27,3)4)14-12-21(26(24)33)13-15-23(32)30-16-8-6-9-17-30/h12-15,20,25,27,33H,5-11,16-19H2,1-4H3/b15-13-/t20-,25+,27+/m0/s1. The minimum Gasteiger partial charge on any atom is -0.507 e. The second-order valence-electron chi connectivity index (χ2n) is 11.0. The van der Waals surface area contributed by atoms with Crippen LogP contribution in [0.25, 0.3) is 6.08 Å². The van der Waals surface area contributed by atoms with Crippen molar-refractivity contribution >= 4 is 18.0 Å². The number of amides is 1. The number of likely N-dealkylation sites (tertiary alicyclic amines) is 2. The molecule has 0 spiro atoms. The van der Waals surface area contributed by atoms with Crippen LogP contribution in [0.15, 0.2) is 18.2 Å². The summed E-state index contributed by atoms with van der Waals surface area (Å²) in [5.74, 6) is 0.201. The van der Waals surface area contributed by atoms with Crippen molar-refractivity contribution in [1.82, 2.24) is 9.80 Å². The van der Waals surface area contributed by atoms with Crippen molar-refractivity contribution in [3.05, 3.63) is 29.3 Å². The lowest BCUT2D eigenvalue weighted by atomic mass is 9.83. The van der Waals surface area contributed by atoms with Gasteiger partial charge in [0.25, 0.3) is 0 Å². The Kier molecular flexibility index (Phi) is 8.28. The van der Waals surface area contributed by atoms with E-state index < -0.39 is 11.7 Å². The average molecular weight is 499 g/mol. The summed E-state index contributed by atoms with van der Waals surface area (Å²) in [6.07, 6.45) is 9.88. The van der Waals surface area contributed by atoms with Crippen molar-refractivity contribution in [3.63, 3.8) is 0 Å². The largest absolute Gasteiger partial charge is 0.507 e. The van der Waals surface area contributed by atoms with Gasteiger partial charge in [0, 0.05) is 24.7 Å². The molecule has 3 aliphatic heterocycles. The minimum atomic E-state index is -0.772. The monoisotopic (exact) mass is 498 g/mol. The van der Waals surface area contributed by atoms with Crippen LogP contribution < -0.4 is 4.74 Å². The zero-order valence-electron chi connectivity index (χ0n) is 22.3. The summed E-state index contributed by atoms with van der Waals surface area (Å²) in [7, 11) is 0. The van der Waals surface area contributed by atoms with Gasteiger partial charge in [0.1, 0.15) is 17.1 Å². The molecule has 0 radical (unpaired) electrons. The first kappa shape index (κ1) is 26.5. The number of hydrogen-bond donors (Lipinski definition) is 1. The number of phenols is 1. The summed E-state index contributed by atoms with van der Waals surface area (Å²) >= 11 is 0. The van der Waals surface area contributed by atoms with Gasteiger partial charge in [-0.1, -0.05) is 20.3 Å². The fourth-order valence-electron chi connectivity index (χ4n) is 5.55. The molecule has 7 nitrogen and oxygen atoms in total. The van der Waals surface area contributed by atoms with E-state index >= 15 is 0 Å². The molecule has 1 N–H and O–H groups in total. The van der Waals surface area contributed by atoms with Crippen molar-refractivity contribution < 1.29 is 24.2 Å². The molecule has 7 heteroatoms. The number of carbonyl (C=O) groups excluding carboxylic acids is 2. The van der Waals surface area contributed by atoms with Crippen molar-refractivity contribution in [3.8, 4) is 11.5 Å². The predicted molar refractivity (Wildman–Crippen MR) is 140 cm³/mol. The van der Waals surface area contributed by atoms with E-state index in [-0.39, 0.29) is 29.6 Å². The van der Waals surface area contributed by atoms with E-state index in [1.165, 1.54) is 6.42 Å². The van der Waals surface area contributed by atoms with Gasteiger partial charge in [-0.3, -0.25) is 14.5 Å². The van der Waals surface area contributed by atoms with Crippen LogP contribution in [-0.2, 0) is 14.3 Å². The van der Waals surface area contributed by atoms with Gasteiger partial charge in [-0.2, -0.15) is 0 Å².